The number of nitrogens with zero attached hydrogens (tertiary/aromatic N) is 2. The zero-order chi connectivity index (χ0) is 14.2. The summed E-state index contributed by atoms with van der Waals surface area (Å²) >= 11 is 0. The quantitative estimate of drug-likeness (QED) is 0.828. The van der Waals surface area contributed by atoms with Crippen LogP contribution in [0.1, 0.15) is 12.8 Å². The van der Waals surface area contributed by atoms with E-state index in [0.29, 0.717) is 13.0 Å². The lowest BCUT2D eigenvalue weighted by atomic mass is 9.97. The highest BCUT2D eigenvalue weighted by molar-refractivity contribution is 5.37. The van der Waals surface area contributed by atoms with E-state index in [2.05, 4.69) is 4.98 Å². The highest BCUT2D eigenvalue weighted by atomic mass is 19.4. The number of piperidine rings is 1. The van der Waals surface area contributed by atoms with Crippen molar-refractivity contribution in [1.82, 2.24) is 9.55 Å². The molecule has 0 saturated carbocycles. The van der Waals surface area contributed by atoms with Crippen molar-refractivity contribution >= 4 is 5.82 Å². The van der Waals surface area contributed by atoms with Crippen LogP contribution in [0, 0.1) is 5.92 Å². The fourth-order valence-electron chi connectivity index (χ4n) is 2.18. The summed E-state index contributed by atoms with van der Waals surface area (Å²) in [6, 6.07) is 1.15. The summed E-state index contributed by atoms with van der Waals surface area (Å²) in [5.74, 6) is -1.27. The van der Waals surface area contributed by atoms with Crippen LogP contribution in [0.5, 0.6) is 0 Å². The van der Waals surface area contributed by atoms with E-state index in [1.807, 2.05) is 0 Å². The molecule has 1 saturated heterocycles. The van der Waals surface area contributed by atoms with Gasteiger partial charge in [-0.1, -0.05) is 0 Å². The van der Waals surface area contributed by atoms with Crippen LogP contribution in [-0.4, -0.2) is 28.8 Å². The van der Waals surface area contributed by atoms with Crippen molar-refractivity contribution in [2.24, 2.45) is 13.0 Å². The SMILES string of the molecule is Cn1c(=O)cc(N2CCCC(C(F)(F)F)C2)[nH]c1=O. The largest absolute Gasteiger partial charge is 0.393 e. The summed E-state index contributed by atoms with van der Waals surface area (Å²) in [5.41, 5.74) is -1.16. The molecule has 0 aliphatic carbocycles. The van der Waals surface area contributed by atoms with Crippen molar-refractivity contribution in [2.45, 2.75) is 19.0 Å². The van der Waals surface area contributed by atoms with Crippen molar-refractivity contribution in [1.29, 1.82) is 0 Å². The normalized spacial score (nSPS) is 20.6. The smallest absolute Gasteiger partial charge is 0.357 e. The third kappa shape index (κ3) is 2.82. The molecule has 1 unspecified atom stereocenters. The first-order chi connectivity index (χ1) is 8.79. The Balaban J connectivity index is 2.28. The predicted molar refractivity (Wildman–Crippen MR) is 63.3 cm³/mol. The van der Waals surface area contributed by atoms with Crippen molar-refractivity contribution in [2.75, 3.05) is 18.0 Å². The maximum Gasteiger partial charge on any atom is 0.393 e. The molecule has 0 bridgehead atoms. The number of H-pyrrole nitrogens is 1. The van der Waals surface area contributed by atoms with Crippen LogP contribution in [-0.2, 0) is 7.05 Å². The molecule has 0 amide bonds. The zero-order valence-electron chi connectivity index (χ0n) is 10.3. The number of alkyl halides is 3. The summed E-state index contributed by atoms with van der Waals surface area (Å²) < 4.78 is 38.9. The van der Waals surface area contributed by atoms with Gasteiger partial charge in [-0.3, -0.25) is 14.3 Å². The Morgan fingerprint density at radius 3 is 2.63 bits per heavy atom. The van der Waals surface area contributed by atoms with Gasteiger partial charge in [-0.2, -0.15) is 13.2 Å². The average Bonchev–Trinajstić information content (AvgIpc) is 2.34. The second kappa shape index (κ2) is 4.75. The van der Waals surface area contributed by atoms with Gasteiger partial charge in [0.15, 0.2) is 0 Å². The first-order valence-corrected chi connectivity index (χ1v) is 5.91. The van der Waals surface area contributed by atoms with Crippen LogP contribution in [0.25, 0.3) is 0 Å². The van der Waals surface area contributed by atoms with E-state index in [-0.39, 0.29) is 18.8 Å². The molecular formula is C11H14F3N3O2. The second-order valence-corrected chi connectivity index (χ2v) is 4.68. The number of nitrogens with one attached hydrogen (secondary N) is 1. The molecule has 1 aromatic rings. The van der Waals surface area contributed by atoms with Crippen LogP contribution in [0.2, 0.25) is 0 Å². The van der Waals surface area contributed by atoms with Gasteiger partial charge in [-0.15, -0.1) is 0 Å². The first-order valence-electron chi connectivity index (χ1n) is 5.91. The highest BCUT2D eigenvalue weighted by Gasteiger charge is 2.42. The first kappa shape index (κ1) is 13.7. The number of halogens is 3. The van der Waals surface area contributed by atoms with E-state index in [1.165, 1.54) is 11.9 Å². The number of aromatic amines is 1. The van der Waals surface area contributed by atoms with Gasteiger partial charge in [0.05, 0.1) is 5.92 Å². The van der Waals surface area contributed by atoms with E-state index >= 15 is 0 Å². The molecule has 1 aliphatic rings. The molecule has 1 fully saturated rings. The van der Waals surface area contributed by atoms with Gasteiger partial charge in [0, 0.05) is 26.2 Å². The Hall–Kier alpha value is -1.73. The Labute approximate surface area is 106 Å². The van der Waals surface area contributed by atoms with Gasteiger partial charge in [0.25, 0.3) is 5.56 Å². The van der Waals surface area contributed by atoms with Gasteiger partial charge >= 0.3 is 11.9 Å². The molecule has 19 heavy (non-hydrogen) atoms. The minimum atomic E-state index is -4.25. The number of anilines is 1. The molecule has 8 heteroatoms. The molecule has 106 valence electrons. The van der Waals surface area contributed by atoms with E-state index < -0.39 is 23.3 Å². The third-order valence-corrected chi connectivity index (χ3v) is 3.36. The summed E-state index contributed by atoms with van der Waals surface area (Å²) in [7, 11) is 1.31. The highest BCUT2D eigenvalue weighted by Crippen LogP contribution is 2.33. The second-order valence-electron chi connectivity index (χ2n) is 4.68. The van der Waals surface area contributed by atoms with Crippen LogP contribution in [0.15, 0.2) is 15.7 Å². The van der Waals surface area contributed by atoms with Crippen molar-refractivity contribution in [3.63, 3.8) is 0 Å². The summed E-state index contributed by atoms with van der Waals surface area (Å²) in [6.45, 7) is 0.169. The molecule has 5 nitrogen and oxygen atoms in total. The summed E-state index contributed by atoms with van der Waals surface area (Å²) in [5, 5.41) is 0. The maximum atomic E-state index is 12.7. The number of hydrogen-bond donors (Lipinski definition) is 1. The molecule has 2 rings (SSSR count). The van der Waals surface area contributed by atoms with E-state index in [1.54, 1.807) is 0 Å². The predicted octanol–water partition coefficient (Wildman–Crippen LogP) is 0.852. The van der Waals surface area contributed by atoms with Gasteiger partial charge < -0.3 is 4.90 Å². The molecular weight excluding hydrogens is 263 g/mol. The summed E-state index contributed by atoms with van der Waals surface area (Å²) in [4.78, 5) is 26.7. The minimum absolute atomic E-state index is 0.0784. The van der Waals surface area contributed by atoms with Gasteiger partial charge in [-0.25, -0.2) is 4.79 Å². The Morgan fingerprint density at radius 2 is 2.05 bits per heavy atom. The van der Waals surface area contributed by atoms with Crippen molar-refractivity contribution in [3.8, 4) is 0 Å². The summed E-state index contributed by atoms with van der Waals surface area (Å²) in [6.07, 6.45) is -3.80. The monoisotopic (exact) mass is 277 g/mol. The van der Waals surface area contributed by atoms with Crippen LogP contribution in [0.4, 0.5) is 19.0 Å². The molecule has 1 aromatic heterocycles. The van der Waals surface area contributed by atoms with Gasteiger partial charge in [0.2, 0.25) is 0 Å². The number of rotatable bonds is 1. The molecule has 0 aromatic carbocycles. The van der Waals surface area contributed by atoms with E-state index in [0.717, 1.165) is 10.6 Å². The van der Waals surface area contributed by atoms with Crippen molar-refractivity contribution in [3.05, 3.63) is 26.9 Å². The topological polar surface area (TPSA) is 58.1 Å². The van der Waals surface area contributed by atoms with Gasteiger partial charge in [0.1, 0.15) is 5.82 Å². The van der Waals surface area contributed by atoms with E-state index in [9.17, 15) is 22.8 Å². The van der Waals surface area contributed by atoms with Gasteiger partial charge in [-0.05, 0) is 12.8 Å². The molecule has 2 heterocycles. The van der Waals surface area contributed by atoms with E-state index in [4.69, 9.17) is 0 Å². The number of aromatic nitrogens is 2. The Bertz CT molecular complexity index is 545. The fourth-order valence-corrected chi connectivity index (χ4v) is 2.18. The molecule has 1 aliphatic heterocycles. The maximum absolute atomic E-state index is 12.7. The molecule has 1 N–H and O–H groups in total. The lowest BCUT2D eigenvalue weighted by Gasteiger charge is -2.34. The van der Waals surface area contributed by atoms with Crippen LogP contribution >= 0.6 is 0 Å². The van der Waals surface area contributed by atoms with Crippen LogP contribution in [0.3, 0.4) is 0 Å². The lowest BCUT2D eigenvalue weighted by Crippen LogP contribution is -2.44. The third-order valence-electron chi connectivity index (χ3n) is 3.36. The fraction of sp³-hybridized carbons (Fsp3) is 0.636. The Morgan fingerprint density at radius 1 is 1.37 bits per heavy atom. The molecule has 0 spiro atoms. The molecule has 1 atom stereocenters. The number of hydrogen-bond acceptors (Lipinski definition) is 3. The average molecular weight is 277 g/mol. The van der Waals surface area contributed by atoms with Crippen LogP contribution < -0.4 is 16.1 Å². The zero-order valence-corrected chi connectivity index (χ0v) is 10.3. The molecule has 0 radical (unpaired) electrons. The lowest BCUT2D eigenvalue weighted by molar-refractivity contribution is -0.176. The minimum Gasteiger partial charge on any atom is -0.357 e. The Kier molecular flexibility index (Phi) is 3.42. The standard InChI is InChI=1S/C11H14F3N3O2/c1-16-9(18)5-8(15-10(16)19)17-4-2-3-7(6-17)11(12,13)14/h5,7H,2-4,6H2,1H3,(H,15,19). The van der Waals surface area contributed by atoms with Crippen molar-refractivity contribution < 1.29 is 13.2 Å².